The fourth-order valence-electron chi connectivity index (χ4n) is 4.84. The van der Waals surface area contributed by atoms with Gasteiger partial charge in [0.2, 0.25) is 5.91 Å². The monoisotopic (exact) mass is 412 g/mol. The molecule has 5 rings (SSSR count). The van der Waals surface area contributed by atoms with E-state index in [9.17, 15) is 4.79 Å². The first-order valence-corrected chi connectivity index (χ1v) is 12.3. The number of aromatic nitrogens is 2. The summed E-state index contributed by atoms with van der Waals surface area (Å²) in [4.78, 5) is 30.0. The molecule has 156 valence electrons. The minimum Gasteiger partial charge on any atom is -0.352 e. The lowest BCUT2D eigenvalue weighted by Gasteiger charge is -2.39. The molecule has 0 spiro atoms. The number of thiophene rings is 1. The Kier molecular flexibility index (Phi) is 5.23. The molecule has 1 amide bonds. The van der Waals surface area contributed by atoms with Gasteiger partial charge in [0, 0.05) is 42.9 Å². The number of aryl methyl sites for hydroxylation is 2. The molecule has 0 N–H and O–H groups in total. The summed E-state index contributed by atoms with van der Waals surface area (Å²) in [5, 5.41) is 1.32. The second-order valence-electron chi connectivity index (χ2n) is 9.05. The van der Waals surface area contributed by atoms with Crippen LogP contribution < -0.4 is 4.90 Å². The minimum absolute atomic E-state index is 0.299. The van der Waals surface area contributed by atoms with Gasteiger partial charge in [0.05, 0.1) is 5.39 Å². The Balaban J connectivity index is 1.46. The lowest BCUT2D eigenvalue weighted by atomic mass is 9.84. The Hall–Kier alpha value is -1.69. The average molecular weight is 413 g/mol. The molecule has 1 saturated heterocycles. The van der Waals surface area contributed by atoms with E-state index in [1.165, 1.54) is 46.3 Å². The lowest BCUT2D eigenvalue weighted by Crippen LogP contribution is -2.51. The zero-order valence-electron chi connectivity index (χ0n) is 17.7. The lowest BCUT2D eigenvalue weighted by molar-refractivity contribution is -0.138. The van der Waals surface area contributed by atoms with E-state index < -0.39 is 0 Å². The number of amides is 1. The highest BCUT2D eigenvalue weighted by molar-refractivity contribution is 7.19. The van der Waals surface area contributed by atoms with Gasteiger partial charge in [-0.3, -0.25) is 4.79 Å². The van der Waals surface area contributed by atoms with E-state index in [1.807, 2.05) is 11.3 Å². The number of nitrogens with zero attached hydrogens (tertiary/aromatic N) is 4. The Morgan fingerprint density at radius 3 is 2.55 bits per heavy atom. The number of fused-ring (bicyclic) bond motifs is 3. The van der Waals surface area contributed by atoms with Crippen molar-refractivity contribution in [3.05, 3.63) is 16.3 Å². The molecule has 0 unspecified atom stereocenters. The first-order chi connectivity index (χ1) is 14.2. The Bertz CT molecular complexity index is 911. The largest absolute Gasteiger partial charge is 0.352 e. The molecular weight excluding hydrogens is 380 g/mol. The van der Waals surface area contributed by atoms with Crippen LogP contribution in [0.1, 0.15) is 74.6 Å². The molecule has 0 radical (unpaired) electrons. The summed E-state index contributed by atoms with van der Waals surface area (Å²) in [7, 11) is 0. The number of piperazine rings is 1. The van der Waals surface area contributed by atoms with Crippen molar-refractivity contribution < 1.29 is 4.79 Å². The predicted molar refractivity (Wildman–Crippen MR) is 119 cm³/mol. The first kappa shape index (κ1) is 19.3. The van der Waals surface area contributed by atoms with Crippen molar-refractivity contribution in [2.24, 2.45) is 5.92 Å². The number of carbonyl (C=O) groups excluding carboxylic acids is 1. The molecule has 0 bridgehead atoms. The van der Waals surface area contributed by atoms with Crippen LogP contribution in [0.4, 0.5) is 5.82 Å². The highest BCUT2D eigenvalue weighted by atomic mass is 32.1. The molecule has 2 aromatic rings. The van der Waals surface area contributed by atoms with Gasteiger partial charge in [0.1, 0.15) is 16.5 Å². The minimum atomic E-state index is 0.299. The van der Waals surface area contributed by atoms with E-state index in [2.05, 4.69) is 23.6 Å². The Morgan fingerprint density at radius 2 is 1.86 bits per heavy atom. The second-order valence-corrected chi connectivity index (χ2v) is 10.1. The number of hydrogen-bond acceptors (Lipinski definition) is 5. The van der Waals surface area contributed by atoms with Crippen LogP contribution in [0.3, 0.4) is 0 Å². The van der Waals surface area contributed by atoms with Crippen LogP contribution in [0.15, 0.2) is 0 Å². The van der Waals surface area contributed by atoms with Crippen LogP contribution in [-0.2, 0) is 17.6 Å². The summed E-state index contributed by atoms with van der Waals surface area (Å²) >= 11 is 1.90. The molecule has 0 aromatic carbocycles. The molecule has 29 heavy (non-hydrogen) atoms. The van der Waals surface area contributed by atoms with E-state index >= 15 is 0 Å². The van der Waals surface area contributed by atoms with Gasteiger partial charge in [-0.2, -0.15) is 0 Å². The molecular formula is C23H32N4OS. The van der Waals surface area contributed by atoms with Crippen LogP contribution in [0.2, 0.25) is 0 Å². The SMILES string of the molecule is CC[C@H](C)c1nc(N2CCN(C(=O)C3CCC3)CC2)c2c3c(sc2n1)CCCC3. The van der Waals surface area contributed by atoms with Crippen molar-refractivity contribution in [1.82, 2.24) is 14.9 Å². The van der Waals surface area contributed by atoms with Crippen LogP contribution >= 0.6 is 11.3 Å². The number of anilines is 1. The third kappa shape index (κ3) is 3.43. The third-order valence-electron chi connectivity index (χ3n) is 7.21. The van der Waals surface area contributed by atoms with Crippen molar-refractivity contribution in [2.75, 3.05) is 31.1 Å². The van der Waals surface area contributed by atoms with Gasteiger partial charge in [0.15, 0.2) is 0 Å². The normalized spacial score (nSPS) is 21.2. The van der Waals surface area contributed by atoms with Gasteiger partial charge in [-0.25, -0.2) is 9.97 Å². The Morgan fingerprint density at radius 1 is 1.10 bits per heavy atom. The molecule has 1 aliphatic heterocycles. The van der Waals surface area contributed by atoms with Gasteiger partial charge in [-0.1, -0.05) is 20.3 Å². The zero-order chi connectivity index (χ0) is 20.0. The van der Waals surface area contributed by atoms with Gasteiger partial charge in [-0.15, -0.1) is 11.3 Å². The summed E-state index contributed by atoms with van der Waals surface area (Å²) in [5.41, 5.74) is 1.51. The van der Waals surface area contributed by atoms with E-state index in [0.717, 1.165) is 63.5 Å². The average Bonchev–Trinajstić information content (AvgIpc) is 3.10. The van der Waals surface area contributed by atoms with Crippen molar-refractivity contribution in [3.8, 4) is 0 Å². The number of carbonyl (C=O) groups is 1. The summed E-state index contributed by atoms with van der Waals surface area (Å²) in [5.74, 6) is 3.19. The molecule has 3 heterocycles. The van der Waals surface area contributed by atoms with E-state index in [-0.39, 0.29) is 0 Å². The van der Waals surface area contributed by atoms with Crippen LogP contribution in [0.5, 0.6) is 0 Å². The fourth-order valence-corrected chi connectivity index (χ4v) is 6.10. The first-order valence-electron chi connectivity index (χ1n) is 11.5. The quantitative estimate of drug-likeness (QED) is 0.740. The van der Waals surface area contributed by atoms with Gasteiger partial charge in [-0.05, 0) is 50.5 Å². The Labute approximate surface area is 177 Å². The maximum Gasteiger partial charge on any atom is 0.225 e. The van der Waals surface area contributed by atoms with Gasteiger partial charge >= 0.3 is 0 Å². The maximum atomic E-state index is 12.7. The topological polar surface area (TPSA) is 49.3 Å². The summed E-state index contributed by atoms with van der Waals surface area (Å²) in [6.45, 7) is 7.86. The second kappa shape index (κ2) is 7.86. The van der Waals surface area contributed by atoms with Gasteiger partial charge < -0.3 is 9.80 Å². The van der Waals surface area contributed by atoms with E-state index in [1.54, 1.807) is 0 Å². The van der Waals surface area contributed by atoms with Gasteiger partial charge in [0.25, 0.3) is 0 Å². The van der Waals surface area contributed by atoms with Crippen molar-refractivity contribution >= 4 is 33.3 Å². The standard InChI is InChI=1S/C23H32N4OS/c1-3-15(2)20-24-21(19-17-9-4-5-10-18(17)29-22(19)25-20)26-11-13-27(14-12-26)23(28)16-7-6-8-16/h15-16H,3-14H2,1-2H3/t15-/m0/s1. The van der Waals surface area contributed by atoms with Crippen molar-refractivity contribution in [1.29, 1.82) is 0 Å². The maximum absolute atomic E-state index is 12.7. The van der Waals surface area contributed by atoms with Crippen LogP contribution in [-0.4, -0.2) is 47.0 Å². The highest BCUT2D eigenvalue weighted by Gasteiger charge is 2.32. The van der Waals surface area contributed by atoms with E-state index in [0.29, 0.717) is 17.7 Å². The smallest absolute Gasteiger partial charge is 0.225 e. The fraction of sp³-hybridized carbons (Fsp3) is 0.696. The molecule has 3 aliphatic rings. The molecule has 2 aliphatic carbocycles. The zero-order valence-corrected chi connectivity index (χ0v) is 18.6. The molecule has 5 nitrogen and oxygen atoms in total. The van der Waals surface area contributed by atoms with Crippen molar-refractivity contribution in [3.63, 3.8) is 0 Å². The summed E-state index contributed by atoms with van der Waals surface area (Å²) < 4.78 is 0. The van der Waals surface area contributed by atoms with E-state index in [4.69, 9.17) is 9.97 Å². The predicted octanol–water partition coefficient (Wildman–Crippen LogP) is 4.53. The number of rotatable bonds is 4. The molecule has 6 heteroatoms. The number of hydrogen-bond donors (Lipinski definition) is 0. The van der Waals surface area contributed by atoms with Crippen LogP contribution in [0.25, 0.3) is 10.2 Å². The summed E-state index contributed by atoms with van der Waals surface area (Å²) in [6.07, 6.45) is 9.37. The van der Waals surface area contributed by atoms with Crippen LogP contribution in [0, 0.1) is 5.92 Å². The molecule has 1 saturated carbocycles. The summed E-state index contributed by atoms with van der Waals surface area (Å²) in [6, 6.07) is 0. The third-order valence-corrected chi connectivity index (χ3v) is 8.40. The molecule has 2 fully saturated rings. The molecule has 1 atom stereocenters. The highest BCUT2D eigenvalue weighted by Crippen LogP contribution is 2.41. The van der Waals surface area contributed by atoms with Crippen molar-refractivity contribution in [2.45, 2.75) is 71.1 Å². The molecule has 2 aromatic heterocycles.